The molecule has 168 valence electrons. The van der Waals surface area contributed by atoms with Gasteiger partial charge in [-0.3, -0.25) is 0 Å². The van der Waals surface area contributed by atoms with E-state index in [4.69, 9.17) is 4.74 Å². The quantitative estimate of drug-likeness (QED) is 0.523. The topological polar surface area (TPSA) is 21.3 Å². The van der Waals surface area contributed by atoms with Crippen molar-refractivity contribution < 1.29 is 17.9 Å². The van der Waals surface area contributed by atoms with Gasteiger partial charge in [-0.1, -0.05) is 54.8 Å². The van der Waals surface area contributed by atoms with Gasteiger partial charge in [0.05, 0.1) is 11.2 Å². The highest BCUT2D eigenvalue weighted by Crippen LogP contribution is 2.50. The molecule has 2 fully saturated rings. The maximum absolute atomic E-state index is 13.1. The molecule has 2 aliphatic rings. The molecule has 2 aromatic carbocycles. The van der Waals surface area contributed by atoms with E-state index < -0.39 is 11.7 Å². The molecular weight excluding hydrogens is 399 g/mol. The van der Waals surface area contributed by atoms with E-state index in [1.807, 2.05) is 0 Å². The minimum absolute atomic E-state index is 0.0997. The summed E-state index contributed by atoms with van der Waals surface area (Å²) in [6.45, 7) is 4.39. The predicted molar refractivity (Wildman–Crippen MR) is 117 cm³/mol. The van der Waals surface area contributed by atoms with Crippen molar-refractivity contribution in [3.05, 3.63) is 70.8 Å². The molecule has 0 amide bonds. The van der Waals surface area contributed by atoms with Gasteiger partial charge in [0, 0.05) is 18.6 Å². The van der Waals surface area contributed by atoms with Gasteiger partial charge < -0.3 is 10.1 Å². The highest BCUT2D eigenvalue weighted by Gasteiger charge is 2.47. The van der Waals surface area contributed by atoms with Crippen molar-refractivity contribution in [3.63, 3.8) is 0 Å². The second-order valence-corrected chi connectivity index (χ2v) is 9.44. The van der Waals surface area contributed by atoms with Crippen molar-refractivity contribution in [2.24, 2.45) is 0 Å². The van der Waals surface area contributed by atoms with Crippen LogP contribution in [0.15, 0.2) is 48.5 Å². The normalized spacial score (nSPS) is 23.4. The molecule has 2 nitrogen and oxygen atoms in total. The molecule has 4 rings (SSSR count). The van der Waals surface area contributed by atoms with Crippen LogP contribution >= 0.6 is 0 Å². The van der Waals surface area contributed by atoms with Crippen molar-refractivity contribution in [1.82, 2.24) is 5.32 Å². The van der Waals surface area contributed by atoms with Crippen LogP contribution in [0.4, 0.5) is 13.2 Å². The van der Waals surface area contributed by atoms with E-state index in [0.29, 0.717) is 6.61 Å². The number of alkyl halides is 3. The Morgan fingerprint density at radius 2 is 1.74 bits per heavy atom. The molecule has 0 bridgehead atoms. The Labute approximate surface area is 183 Å². The van der Waals surface area contributed by atoms with Gasteiger partial charge in [-0.2, -0.15) is 13.2 Å². The van der Waals surface area contributed by atoms with Crippen LogP contribution in [-0.2, 0) is 22.9 Å². The molecule has 1 atom stereocenters. The molecule has 0 unspecified atom stereocenters. The van der Waals surface area contributed by atoms with Crippen molar-refractivity contribution in [2.75, 3.05) is 13.2 Å². The van der Waals surface area contributed by atoms with E-state index in [0.717, 1.165) is 50.8 Å². The van der Waals surface area contributed by atoms with Crippen LogP contribution < -0.4 is 5.32 Å². The SMILES string of the molecule is Cc1cccc(CNCC[C@@]2(c3ccc(C(F)(F)F)cc3)CCOC3(CCCC3)C2)c1. The maximum atomic E-state index is 13.1. The Morgan fingerprint density at radius 3 is 2.42 bits per heavy atom. The summed E-state index contributed by atoms with van der Waals surface area (Å²) in [6.07, 6.45) is 2.82. The highest BCUT2D eigenvalue weighted by molar-refractivity contribution is 5.32. The fraction of sp³-hybridized carbons (Fsp3) is 0.538. The Morgan fingerprint density at radius 1 is 1.00 bits per heavy atom. The third-order valence-corrected chi connectivity index (χ3v) is 7.18. The van der Waals surface area contributed by atoms with Crippen molar-refractivity contribution in [2.45, 2.75) is 75.6 Å². The van der Waals surface area contributed by atoms with Crippen LogP contribution in [0.3, 0.4) is 0 Å². The van der Waals surface area contributed by atoms with Crippen molar-refractivity contribution >= 4 is 0 Å². The molecule has 31 heavy (non-hydrogen) atoms. The number of hydrogen-bond donors (Lipinski definition) is 1. The lowest BCUT2D eigenvalue weighted by atomic mass is 9.66. The van der Waals surface area contributed by atoms with E-state index >= 15 is 0 Å². The number of rotatable bonds is 6. The third kappa shape index (κ3) is 5.15. The average molecular weight is 432 g/mol. The molecule has 1 heterocycles. The number of benzene rings is 2. The third-order valence-electron chi connectivity index (χ3n) is 7.18. The number of hydrogen-bond acceptors (Lipinski definition) is 2. The lowest BCUT2D eigenvalue weighted by Crippen LogP contribution is -2.47. The summed E-state index contributed by atoms with van der Waals surface area (Å²) in [5.41, 5.74) is 2.69. The van der Waals surface area contributed by atoms with Gasteiger partial charge in [0.1, 0.15) is 0 Å². The van der Waals surface area contributed by atoms with Gasteiger partial charge in [-0.25, -0.2) is 0 Å². The Balaban J connectivity index is 1.51. The number of aryl methyl sites for hydroxylation is 1. The molecule has 2 aromatic rings. The summed E-state index contributed by atoms with van der Waals surface area (Å²) in [4.78, 5) is 0. The molecule has 5 heteroatoms. The fourth-order valence-electron chi connectivity index (χ4n) is 5.56. The Hall–Kier alpha value is -1.85. The molecular formula is C26H32F3NO. The second kappa shape index (κ2) is 8.95. The lowest BCUT2D eigenvalue weighted by Gasteiger charge is -2.47. The standard InChI is InChI=1S/C26H32F3NO/c1-20-5-4-6-21(17-20)18-30-15-13-24(14-16-31-25(19-24)11-2-3-12-25)22-7-9-23(10-8-22)26(27,28)29/h4-10,17,30H,2-3,11-16,18-19H2,1H3/t24-/m1/s1. The summed E-state index contributed by atoms with van der Waals surface area (Å²) >= 11 is 0. The van der Waals surface area contributed by atoms with Crippen LogP contribution in [0.25, 0.3) is 0 Å². The van der Waals surface area contributed by atoms with Gasteiger partial charge >= 0.3 is 6.18 Å². The van der Waals surface area contributed by atoms with E-state index in [1.165, 1.54) is 36.1 Å². The monoisotopic (exact) mass is 431 g/mol. The summed E-state index contributed by atoms with van der Waals surface area (Å²) in [7, 11) is 0. The minimum atomic E-state index is -4.30. The number of nitrogens with one attached hydrogen (secondary N) is 1. The minimum Gasteiger partial charge on any atom is -0.375 e. The lowest BCUT2D eigenvalue weighted by molar-refractivity contribution is -0.137. The maximum Gasteiger partial charge on any atom is 0.416 e. The van der Waals surface area contributed by atoms with Gasteiger partial charge in [-0.15, -0.1) is 0 Å². The van der Waals surface area contributed by atoms with E-state index in [9.17, 15) is 13.2 Å². The van der Waals surface area contributed by atoms with Crippen LogP contribution in [0, 0.1) is 6.92 Å². The molecule has 1 saturated carbocycles. The van der Waals surface area contributed by atoms with Gasteiger partial charge in [-0.05, 0) is 68.8 Å². The van der Waals surface area contributed by atoms with Crippen LogP contribution in [0.5, 0.6) is 0 Å². The predicted octanol–water partition coefficient (Wildman–Crippen LogP) is 6.55. The molecule has 1 N–H and O–H groups in total. The molecule has 1 aliphatic carbocycles. The first kappa shape index (κ1) is 22.3. The summed E-state index contributed by atoms with van der Waals surface area (Å²) in [6, 6.07) is 14.4. The van der Waals surface area contributed by atoms with Crippen molar-refractivity contribution in [3.8, 4) is 0 Å². The zero-order valence-electron chi connectivity index (χ0n) is 18.2. The first-order valence-corrected chi connectivity index (χ1v) is 11.4. The largest absolute Gasteiger partial charge is 0.416 e. The molecule has 1 aliphatic heterocycles. The zero-order valence-corrected chi connectivity index (χ0v) is 18.2. The van der Waals surface area contributed by atoms with E-state index in [-0.39, 0.29) is 11.0 Å². The van der Waals surface area contributed by atoms with Gasteiger partial charge in [0.2, 0.25) is 0 Å². The smallest absolute Gasteiger partial charge is 0.375 e. The second-order valence-electron chi connectivity index (χ2n) is 9.44. The highest BCUT2D eigenvalue weighted by atomic mass is 19.4. The first-order chi connectivity index (χ1) is 14.8. The summed E-state index contributed by atoms with van der Waals surface area (Å²) < 4.78 is 45.6. The first-order valence-electron chi connectivity index (χ1n) is 11.4. The molecule has 1 spiro atoms. The summed E-state index contributed by atoms with van der Waals surface area (Å²) in [5.74, 6) is 0. The van der Waals surface area contributed by atoms with Gasteiger partial charge in [0.15, 0.2) is 0 Å². The number of ether oxygens (including phenoxy) is 1. The molecule has 0 radical (unpaired) electrons. The average Bonchev–Trinajstić information content (AvgIpc) is 3.18. The number of halogens is 3. The Kier molecular flexibility index (Phi) is 6.45. The summed E-state index contributed by atoms with van der Waals surface area (Å²) in [5, 5.41) is 3.56. The van der Waals surface area contributed by atoms with Crippen LogP contribution in [-0.4, -0.2) is 18.8 Å². The zero-order chi connectivity index (χ0) is 22.0. The van der Waals surface area contributed by atoms with E-state index in [1.54, 1.807) is 12.1 Å². The van der Waals surface area contributed by atoms with Crippen LogP contribution in [0.2, 0.25) is 0 Å². The Bertz CT molecular complexity index is 871. The van der Waals surface area contributed by atoms with E-state index in [2.05, 4.69) is 36.5 Å². The van der Waals surface area contributed by atoms with Gasteiger partial charge in [0.25, 0.3) is 0 Å². The molecule has 0 aromatic heterocycles. The fourth-order valence-corrected chi connectivity index (χ4v) is 5.56. The van der Waals surface area contributed by atoms with Crippen molar-refractivity contribution in [1.29, 1.82) is 0 Å². The molecule has 1 saturated heterocycles. The van der Waals surface area contributed by atoms with Crippen LogP contribution in [0.1, 0.15) is 67.2 Å².